The normalized spacial score (nSPS) is 16.4. The average molecular weight is 552 g/mol. The molecule has 1 aliphatic rings. The summed E-state index contributed by atoms with van der Waals surface area (Å²) in [7, 11) is -2.78. The topological polar surface area (TPSA) is 175 Å². The van der Waals surface area contributed by atoms with E-state index >= 15 is 0 Å². The monoisotopic (exact) mass is 551 g/mol. The van der Waals surface area contributed by atoms with Crippen molar-refractivity contribution in [3.8, 4) is 5.75 Å². The minimum atomic E-state index is -4.00. The fourth-order valence-corrected chi connectivity index (χ4v) is 5.94. The van der Waals surface area contributed by atoms with Gasteiger partial charge in [-0.15, -0.1) is 6.58 Å². The van der Waals surface area contributed by atoms with E-state index < -0.39 is 34.0 Å². The Hall–Kier alpha value is -3.12. The molecule has 2 rings (SSSR count). The molecule has 1 aromatic carbocycles. The first-order valence-electron chi connectivity index (χ1n) is 12.5. The van der Waals surface area contributed by atoms with Gasteiger partial charge in [0.05, 0.1) is 18.0 Å². The number of hydrogen-bond acceptors (Lipinski definition) is 8. The number of nitrogens with one attached hydrogen (secondary N) is 2. The van der Waals surface area contributed by atoms with Gasteiger partial charge in [-0.1, -0.05) is 6.08 Å². The van der Waals surface area contributed by atoms with E-state index in [4.69, 9.17) is 16.2 Å². The maximum absolute atomic E-state index is 13.3. The van der Waals surface area contributed by atoms with Crippen LogP contribution in [0.1, 0.15) is 61.8 Å². The van der Waals surface area contributed by atoms with Crippen LogP contribution in [0.3, 0.4) is 0 Å². The van der Waals surface area contributed by atoms with Gasteiger partial charge in [0, 0.05) is 6.54 Å². The minimum absolute atomic E-state index is 0.145. The molecule has 1 amide bonds. The summed E-state index contributed by atoms with van der Waals surface area (Å²) in [5.41, 5.74) is 14.4. The minimum Gasteiger partial charge on any atom is -0.487 e. The number of hydrogen-bond donors (Lipinski definition) is 4. The summed E-state index contributed by atoms with van der Waals surface area (Å²) in [6, 6.07) is -1.76. The first-order chi connectivity index (χ1) is 17.6. The van der Waals surface area contributed by atoms with E-state index in [0.29, 0.717) is 24.0 Å². The van der Waals surface area contributed by atoms with Crippen LogP contribution < -0.4 is 26.2 Å². The third-order valence-corrected chi connectivity index (χ3v) is 8.30. The number of carbonyl (C=O) groups excluding carboxylic acids is 2. The summed E-state index contributed by atoms with van der Waals surface area (Å²) in [5, 5.41) is 2.54. The van der Waals surface area contributed by atoms with Gasteiger partial charge < -0.3 is 26.3 Å². The van der Waals surface area contributed by atoms with Crippen LogP contribution in [0, 0.1) is 20.8 Å². The average Bonchev–Trinajstić information content (AvgIpc) is 2.83. The van der Waals surface area contributed by atoms with Gasteiger partial charge >= 0.3 is 5.97 Å². The second kappa shape index (κ2) is 12.6. The van der Waals surface area contributed by atoms with Crippen molar-refractivity contribution < 1.29 is 27.5 Å². The number of aliphatic imine (C=N–C) groups is 1. The highest BCUT2D eigenvalue weighted by Gasteiger charge is 2.33. The lowest BCUT2D eigenvalue weighted by Gasteiger charge is -2.35. The maximum Gasteiger partial charge on any atom is 0.328 e. The van der Waals surface area contributed by atoms with E-state index in [1.54, 1.807) is 13.8 Å². The highest BCUT2D eigenvalue weighted by molar-refractivity contribution is 7.90. The van der Waals surface area contributed by atoms with Crippen LogP contribution in [-0.4, -0.2) is 57.6 Å². The Morgan fingerprint density at radius 2 is 1.89 bits per heavy atom. The molecule has 1 aliphatic heterocycles. The molecule has 0 saturated carbocycles. The second-order valence-electron chi connectivity index (χ2n) is 10.1. The number of fused-ring (bicyclic) bond motifs is 1. The van der Waals surface area contributed by atoms with Crippen molar-refractivity contribution in [2.24, 2.45) is 16.5 Å². The number of esters is 1. The molecule has 0 aromatic heterocycles. The number of amides is 1. The highest BCUT2D eigenvalue weighted by Crippen LogP contribution is 2.42. The largest absolute Gasteiger partial charge is 0.487 e. The second-order valence-corrected chi connectivity index (χ2v) is 11.7. The first-order valence-corrected chi connectivity index (χ1v) is 14.0. The van der Waals surface area contributed by atoms with E-state index in [1.165, 1.54) is 13.2 Å². The number of ether oxygens (including phenoxy) is 2. The van der Waals surface area contributed by atoms with Crippen LogP contribution in [0.5, 0.6) is 5.75 Å². The van der Waals surface area contributed by atoms with Crippen molar-refractivity contribution >= 4 is 27.9 Å². The van der Waals surface area contributed by atoms with Crippen molar-refractivity contribution in [2.45, 2.75) is 89.3 Å². The smallest absolute Gasteiger partial charge is 0.328 e. The third kappa shape index (κ3) is 7.47. The van der Waals surface area contributed by atoms with Gasteiger partial charge in [-0.2, -0.15) is 0 Å². The van der Waals surface area contributed by atoms with Gasteiger partial charge in [0.2, 0.25) is 11.9 Å². The molecule has 0 fully saturated rings. The lowest BCUT2D eigenvalue weighted by atomic mass is 9.88. The van der Waals surface area contributed by atoms with Gasteiger partial charge in [0.25, 0.3) is 10.0 Å². The Morgan fingerprint density at radius 3 is 2.50 bits per heavy atom. The summed E-state index contributed by atoms with van der Waals surface area (Å²) in [6.45, 7) is 13.1. The van der Waals surface area contributed by atoms with Crippen LogP contribution in [0.2, 0.25) is 0 Å². The van der Waals surface area contributed by atoms with Crippen molar-refractivity contribution in [1.82, 2.24) is 10.0 Å². The summed E-state index contributed by atoms with van der Waals surface area (Å²) in [6.07, 6.45) is 3.80. The number of nitrogens with zero attached hydrogens (tertiary/aromatic N) is 1. The number of nitrogens with two attached hydrogens (primary N) is 2. The van der Waals surface area contributed by atoms with Crippen molar-refractivity contribution in [1.29, 1.82) is 0 Å². The standard InChI is InChI=1S/C26H41N5O6S/c1-8-10-20(24(33)36-7)30-23(32)19(27)11-9-14-29-25(28)31-38(34,35)22-16(3)15(2)21-18(17(22)4)12-13-26(5,6)37-21/h8,19-20H,1,9-14,27H2,2-7H3,(H,30,32)(H3,28,29,31)/t19-,20+/m0/s1. The van der Waals surface area contributed by atoms with E-state index in [-0.39, 0.29) is 35.8 Å². The molecule has 12 heteroatoms. The van der Waals surface area contributed by atoms with Gasteiger partial charge in [-0.05, 0) is 89.0 Å². The van der Waals surface area contributed by atoms with Gasteiger partial charge in [-0.25, -0.2) is 17.9 Å². The van der Waals surface area contributed by atoms with Crippen LogP contribution in [0.4, 0.5) is 0 Å². The molecule has 11 nitrogen and oxygen atoms in total. The first kappa shape index (κ1) is 31.1. The van der Waals surface area contributed by atoms with E-state index in [1.807, 2.05) is 20.8 Å². The zero-order valence-electron chi connectivity index (χ0n) is 23.1. The van der Waals surface area contributed by atoms with Crippen LogP contribution in [-0.2, 0) is 30.8 Å². The molecule has 0 radical (unpaired) electrons. The molecule has 0 aliphatic carbocycles. The van der Waals surface area contributed by atoms with Crippen molar-refractivity contribution in [3.05, 3.63) is 34.9 Å². The summed E-state index contributed by atoms with van der Waals surface area (Å²) in [5.74, 6) is -0.613. The predicted octanol–water partition coefficient (Wildman–Crippen LogP) is 1.65. The maximum atomic E-state index is 13.3. The lowest BCUT2D eigenvalue weighted by molar-refractivity contribution is -0.145. The van der Waals surface area contributed by atoms with Crippen LogP contribution in [0.15, 0.2) is 22.5 Å². The zero-order valence-corrected chi connectivity index (χ0v) is 24.0. The highest BCUT2D eigenvalue weighted by atomic mass is 32.2. The zero-order chi connectivity index (χ0) is 28.8. The molecule has 2 atom stereocenters. The molecule has 0 spiro atoms. The molecular weight excluding hydrogens is 510 g/mol. The van der Waals surface area contributed by atoms with Gasteiger partial charge in [0.1, 0.15) is 17.4 Å². The number of rotatable bonds is 11. The van der Waals surface area contributed by atoms with E-state index in [9.17, 15) is 18.0 Å². The summed E-state index contributed by atoms with van der Waals surface area (Å²) >= 11 is 0. The summed E-state index contributed by atoms with van der Waals surface area (Å²) in [4.78, 5) is 28.3. The molecule has 0 unspecified atom stereocenters. The van der Waals surface area contributed by atoms with Crippen molar-refractivity contribution in [3.63, 3.8) is 0 Å². The molecule has 0 bridgehead atoms. The van der Waals surface area contributed by atoms with Gasteiger partial charge in [0.15, 0.2) is 0 Å². The Morgan fingerprint density at radius 1 is 1.24 bits per heavy atom. The molecule has 6 N–H and O–H groups in total. The Kier molecular flexibility index (Phi) is 10.3. The molecule has 1 heterocycles. The third-order valence-electron chi connectivity index (χ3n) is 6.67. The van der Waals surface area contributed by atoms with Crippen LogP contribution >= 0.6 is 0 Å². The Labute approximate surface area is 225 Å². The fourth-order valence-electron chi connectivity index (χ4n) is 4.42. The quantitative estimate of drug-likeness (QED) is 0.106. The molecule has 1 aromatic rings. The molecule has 0 saturated heterocycles. The Bertz CT molecular complexity index is 1210. The predicted molar refractivity (Wildman–Crippen MR) is 146 cm³/mol. The summed E-state index contributed by atoms with van der Waals surface area (Å²) < 4.78 is 39.8. The number of guanidine groups is 1. The number of sulfonamides is 1. The van der Waals surface area contributed by atoms with Crippen molar-refractivity contribution in [2.75, 3.05) is 13.7 Å². The molecule has 38 heavy (non-hydrogen) atoms. The van der Waals surface area contributed by atoms with E-state index in [2.05, 4.69) is 26.3 Å². The van der Waals surface area contributed by atoms with E-state index in [0.717, 1.165) is 23.3 Å². The fraction of sp³-hybridized carbons (Fsp3) is 0.577. The molecule has 212 valence electrons. The van der Waals surface area contributed by atoms with Gasteiger partial charge in [-0.3, -0.25) is 9.79 Å². The Balaban J connectivity index is 2.04. The lowest BCUT2D eigenvalue weighted by Crippen LogP contribution is -2.48. The number of carbonyl (C=O) groups is 2. The number of benzene rings is 1. The van der Waals surface area contributed by atoms with Crippen LogP contribution in [0.25, 0.3) is 0 Å². The SMILES string of the molecule is C=CC[C@@H](NC(=O)[C@@H](N)CCCN=C(N)NS(=O)(=O)c1c(C)c(C)c2c(c1C)CCC(C)(C)O2)C(=O)OC. The molecular formula is C26H41N5O6S. The number of methoxy groups -OCH3 is 1.